The summed E-state index contributed by atoms with van der Waals surface area (Å²) in [6.07, 6.45) is 6.28. The van der Waals surface area contributed by atoms with E-state index in [0.29, 0.717) is 0 Å². The van der Waals surface area contributed by atoms with Gasteiger partial charge in [0.25, 0.3) is 0 Å². The molecule has 1 saturated heterocycles. The van der Waals surface area contributed by atoms with E-state index in [2.05, 4.69) is 44.6 Å². The molecule has 1 aliphatic heterocycles. The quantitative estimate of drug-likeness (QED) is 0.915. The Hall–Kier alpha value is -1.62. The molecule has 0 spiro atoms. The molecule has 3 heterocycles. The summed E-state index contributed by atoms with van der Waals surface area (Å²) < 4.78 is 4.42. The summed E-state index contributed by atoms with van der Waals surface area (Å²) in [6, 6.07) is 2.13. The van der Waals surface area contributed by atoms with Crippen LogP contribution in [0, 0.1) is 13.8 Å². The molecule has 0 aliphatic carbocycles. The Balaban J connectivity index is 1.64. The van der Waals surface area contributed by atoms with Crippen LogP contribution in [0.15, 0.2) is 18.6 Å². The summed E-state index contributed by atoms with van der Waals surface area (Å²) in [4.78, 5) is 4.37. The maximum atomic E-state index is 4.52. The van der Waals surface area contributed by atoms with Crippen LogP contribution in [0.1, 0.15) is 36.8 Å². The SMILES string of the molecule is Cc1cc(C)n(CCCn2cncc2C2(C)CCNC2)n1. The Morgan fingerprint density at radius 3 is 2.86 bits per heavy atom. The number of aromatic nitrogens is 4. The van der Waals surface area contributed by atoms with Crippen LogP contribution < -0.4 is 5.32 Å². The molecule has 1 unspecified atom stereocenters. The molecular formula is C16H25N5. The third-order valence-electron chi connectivity index (χ3n) is 4.57. The minimum atomic E-state index is 0.231. The Morgan fingerprint density at radius 1 is 1.33 bits per heavy atom. The van der Waals surface area contributed by atoms with E-state index in [1.165, 1.54) is 17.8 Å². The average molecular weight is 287 g/mol. The van der Waals surface area contributed by atoms with E-state index in [-0.39, 0.29) is 5.41 Å². The topological polar surface area (TPSA) is 47.7 Å². The van der Waals surface area contributed by atoms with Gasteiger partial charge in [0.2, 0.25) is 0 Å². The van der Waals surface area contributed by atoms with E-state index in [0.717, 1.165) is 38.3 Å². The van der Waals surface area contributed by atoms with Crippen LogP contribution in [0.3, 0.4) is 0 Å². The van der Waals surface area contributed by atoms with E-state index in [1.54, 1.807) is 0 Å². The molecule has 1 atom stereocenters. The van der Waals surface area contributed by atoms with E-state index < -0.39 is 0 Å². The fourth-order valence-corrected chi connectivity index (χ4v) is 3.33. The van der Waals surface area contributed by atoms with Crippen LogP contribution in [0.5, 0.6) is 0 Å². The van der Waals surface area contributed by atoms with Gasteiger partial charge < -0.3 is 9.88 Å². The van der Waals surface area contributed by atoms with Crippen molar-refractivity contribution in [2.45, 2.75) is 52.1 Å². The van der Waals surface area contributed by atoms with Crippen molar-refractivity contribution < 1.29 is 0 Å². The van der Waals surface area contributed by atoms with Crippen molar-refractivity contribution in [2.75, 3.05) is 13.1 Å². The van der Waals surface area contributed by atoms with Gasteiger partial charge in [-0.2, -0.15) is 5.10 Å². The first-order valence-corrected chi connectivity index (χ1v) is 7.81. The van der Waals surface area contributed by atoms with Gasteiger partial charge in [0, 0.05) is 42.6 Å². The second kappa shape index (κ2) is 5.64. The largest absolute Gasteiger partial charge is 0.334 e. The van der Waals surface area contributed by atoms with Crippen molar-refractivity contribution >= 4 is 0 Å². The molecule has 0 radical (unpaired) electrons. The number of imidazole rings is 1. The first-order valence-electron chi connectivity index (χ1n) is 7.81. The average Bonchev–Trinajstić information content (AvgIpc) is 3.12. The highest BCUT2D eigenvalue weighted by molar-refractivity contribution is 5.17. The minimum Gasteiger partial charge on any atom is -0.334 e. The zero-order chi connectivity index (χ0) is 14.9. The molecule has 5 heteroatoms. The van der Waals surface area contributed by atoms with E-state index in [9.17, 15) is 0 Å². The molecule has 114 valence electrons. The molecule has 1 fully saturated rings. The highest BCUT2D eigenvalue weighted by atomic mass is 15.3. The van der Waals surface area contributed by atoms with Crippen molar-refractivity contribution in [1.29, 1.82) is 0 Å². The lowest BCUT2D eigenvalue weighted by Gasteiger charge is -2.24. The fourth-order valence-electron chi connectivity index (χ4n) is 3.33. The third kappa shape index (κ3) is 2.88. The standard InChI is InChI=1S/C16H25N5/c1-13-9-14(2)21(19-13)8-4-7-20-12-18-10-15(20)16(3)5-6-17-11-16/h9-10,12,17H,4-8,11H2,1-3H3. The summed E-state index contributed by atoms with van der Waals surface area (Å²) in [5.41, 5.74) is 3.93. The van der Waals surface area contributed by atoms with Gasteiger partial charge in [-0.05, 0) is 39.3 Å². The molecule has 3 rings (SSSR count). The van der Waals surface area contributed by atoms with Crippen LogP contribution in [0.4, 0.5) is 0 Å². The third-order valence-corrected chi connectivity index (χ3v) is 4.57. The summed E-state index contributed by atoms with van der Waals surface area (Å²) in [7, 11) is 0. The van der Waals surface area contributed by atoms with Crippen molar-refractivity contribution in [3.8, 4) is 0 Å². The van der Waals surface area contributed by atoms with E-state index in [4.69, 9.17) is 0 Å². The van der Waals surface area contributed by atoms with Crippen molar-refractivity contribution in [1.82, 2.24) is 24.6 Å². The molecule has 0 bridgehead atoms. The lowest BCUT2D eigenvalue weighted by atomic mass is 9.86. The van der Waals surface area contributed by atoms with Gasteiger partial charge >= 0.3 is 0 Å². The van der Waals surface area contributed by atoms with Crippen LogP contribution in [0.25, 0.3) is 0 Å². The van der Waals surface area contributed by atoms with Crippen molar-refractivity contribution in [3.63, 3.8) is 0 Å². The van der Waals surface area contributed by atoms with Crippen molar-refractivity contribution in [2.24, 2.45) is 0 Å². The highest BCUT2D eigenvalue weighted by Crippen LogP contribution is 2.29. The van der Waals surface area contributed by atoms with Gasteiger partial charge in [-0.25, -0.2) is 4.98 Å². The Kier molecular flexibility index (Phi) is 3.85. The van der Waals surface area contributed by atoms with Gasteiger partial charge in [0.05, 0.1) is 12.0 Å². The molecule has 0 amide bonds. The normalized spacial score (nSPS) is 22.0. The Labute approximate surface area is 126 Å². The predicted octanol–water partition coefficient (Wildman–Crippen LogP) is 2.04. The lowest BCUT2D eigenvalue weighted by Crippen LogP contribution is -2.28. The molecular weight excluding hydrogens is 262 g/mol. The van der Waals surface area contributed by atoms with Gasteiger partial charge in [-0.1, -0.05) is 6.92 Å². The number of nitrogens with one attached hydrogen (secondary N) is 1. The lowest BCUT2D eigenvalue weighted by molar-refractivity contribution is 0.450. The second-order valence-corrected chi connectivity index (χ2v) is 6.46. The van der Waals surface area contributed by atoms with Gasteiger partial charge in [0.1, 0.15) is 0 Å². The van der Waals surface area contributed by atoms with E-state index >= 15 is 0 Å². The highest BCUT2D eigenvalue weighted by Gasteiger charge is 2.33. The smallest absolute Gasteiger partial charge is 0.0948 e. The number of hydrogen-bond acceptors (Lipinski definition) is 3. The van der Waals surface area contributed by atoms with Crippen LogP contribution in [-0.4, -0.2) is 32.4 Å². The Bertz CT molecular complexity index is 604. The van der Waals surface area contributed by atoms with Crippen molar-refractivity contribution in [3.05, 3.63) is 35.7 Å². The van der Waals surface area contributed by atoms with E-state index in [1.807, 2.05) is 19.4 Å². The van der Waals surface area contributed by atoms with Gasteiger partial charge in [-0.3, -0.25) is 4.68 Å². The summed E-state index contributed by atoms with van der Waals surface area (Å²) >= 11 is 0. The predicted molar refractivity (Wildman–Crippen MR) is 83.4 cm³/mol. The molecule has 1 aliphatic rings. The molecule has 5 nitrogen and oxygen atoms in total. The van der Waals surface area contributed by atoms with Crippen LogP contribution in [-0.2, 0) is 18.5 Å². The molecule has 1 N–H and O–H groups in total. The number of rotatable bonds is 5. The number of nitrogens with zero attached hydrogens (tertiary/aromatic N) is 4. The fraction of sp³-hybridized carbons (Fsp3) is 0.625. The number of hydrogen-bond donors (Lipinski definition) is 1. The molecule has 2 aromatic heterocycles. The molecule has 2 aromatic rings. The molecule has 0 saturated carbocycles. The zero-order valence-electron chi connectivity index (χ0n) is 13.3. The first kappa shape index (κ1) is 14.3. The second-order valence-electron chi connectivity index (χ2n) is 6.46. The monoisotopic (exact) mass is 287 g/mol. The minimum absolute atomic E-state index is 0.231. The van der Waals surface area contributed by atoms with Gasteiger partial charge in [0.15, 0.2) is 0 Å². The number of aryl methyl sites for hydroxylation is 4. The Morgan fingerprint density at radius 2 is 2.19 bits per heavy atom. The summed E-state index contributed by atoms with van der Waals surface area (Å²) in [5.74, 6) is 0. The molecule has 21 heavy (non-hydrogen) atoms. The van der Waals surface area contributed by atoms with Crippen LogP contribution in [0.2, 0.25) is 0 Å². The summed E-state index contributed by atoms with van der Waals surface area (Å²) in [6.45, 7) is 10.6. The summed E-state index contributed by atoms with van der Waals surface area (Å²) in [5, 5.41) is 7.99. The van der Waals surface area contributed by atoms with Crippen LogP contribution >= 0.6 is 0 Å². The molecule has 0 aromatic carbocycles. The first-order chi connectivity index (χ1) is 10.1. The zero-order valence-corrected chi connectivity index (χ0v) is 13.3. The maximum absolute atomic E-state index is 4.52. The maximum Gasteiger partial charge on any atom is 0.0948 e. The van der Waals surface area contributed by atoms with Gasteiger partial charge in [-0.15, -0.1) is 0 Å².